The number of primary amides is 1. The number of hydrogen-bond acceptors (Lipinski definition) is 3. The third-order valence-electron chi connectivity index (χ3n) is 2.41. The summed E-state index contributed by atoms with van der Waals surface area (Å²) in [5.41, 5.74) is 5.57. The molecule has 0 saturated heterocycles. The minimum Gasteiger partial charge on any atom is -0.494 e. The van der Waals surface area contributed by atoms with E-state index in [2.05, 4.69) is 5.32 Å². The van der Waals surface area contributed by atoms with Gasteiger partial charge in [-0.1, -0.05) is 12.1 Å². The summed E-state index contributed by atoms with van der Waals surface area (Å²) in [6, 6.07) is 4.86. The van der Waals surface area contributed by atoms with Gasteiger partial charge in [0.05, 0.1) is 7.11 Å². The van der Waals surface area contributed by atoms with E-state index in [4.69, 9.17) is 10.5 Å². The highest BCUT2D eigenvalue weighted by Gasteiger charge is 2.10. The van der Waals surface area contributed by atoms with Crippen LogP contribution >= 0.6 is 0 Å². The van der Waals surface area contributed by atoms with Crippen LogP contribution in [0.15, 0.2) is 18.2 Å². The lowest BCUT2D eigenvalue weighted by Gasteiger charge is -2.13. The number of rotatable bonds is 6. The van der Waals surface area contributed by atoms with Crippen LogP contribution in [0.25, 0.3) is 0 Å². The van der Waals surface area contributed by atoms with E-state index in [1.807, 2.05) is 6.92 Å². The largest absolute Gasteiger partial charge is 0.494 e. The van der Waals surface area contributed by atoms with Crippen LogP contribution in [0.2, 0.25) is 0 Å². The van der Waals surface area contributed by atoms with Crippen LogP contribution in [-0.4, -0.2) is 19.1 Å². The van der Waals surface area contributed by atoms with Crippen LogP contribution in [0.5, 0.6) is 5.75 Å². The fourth-order valence-electron chi connectivity index (χ4n) is 1.51. The zero-order valence-corrected chi connectivity index (χ0v) is 10.00. The number of nitrogens with two attached hydrogens (primary N) is 1. The monoisotopic (exact) mass is 240 g/mol. The van der Waals surface area contributed by atoms with Crippen molar-refractivity contribution < 1.29 is 13.9 Å². The van der Waals surface area contributed by atoms with Crippen molar-refractivity contribution in [3.63, 3.8) is 0 Å². The van der Waals surface area contributed by atoms with Gasteiger partial charge in [-0.15, -0.1) is 0 Å². The number of amides is 1. The van der Waals surface area contributed by atoms with Crippen LogP contribution in [0.4, 0.5) is 4.39 Å². The number of halogens is 1. The van der Waals surface area contributed by atoms with E-state index in [0.717, 1.165) is 0 Å². The molecule has 0 aliphatic heterocycles. The maximum Gasteiger partial charge on any atom is 0.218 e. The van der Waals surface area contributed by atoms with Crippen molar-refractivity contribution >= 4 is 5.91 Å². The van der Waals surface area contributed by atoms with Gasteiger partial charge in [0.15, 0.2) is 11.6 Å². The van der Waals surface area contributed by atoms with Crippen molar-refractivity contribution in [3.8, 4) is 5.75 Å². The van der Waals surface area contributed by atoms with Crippen molar-refractivity contribution in [2.75, 3.05) is 7.11 Å². The zero-order valence-electron chi connectivity index (χ0n) is 10.00. The van der Waals surface area contributed by atoms with Gasteiger partial charge in [0.1, 0.15) is 0 Å². The lowest BCUT2D eigenvalue weighted by molar-refractivity contribution is -0.118. The van der Waals surface area contributed by atoms with E-state index in [1.54, 1.807) is 18.2 Å². The van der Waals surface area contributed by atoms with Gasteiger partial charge in [-0.25, -0.2) is 4.39 Å². The fourth-order valence-corrected chi connectivity index (χ4v) is 1.51. The van der Waals surface area contributed by atoms with Crippen LogP contribution < -0.4 is 15.8 Å². The Bertz CT molecular complexity index is 396. The molecule has 17 heavy (non-hydrogen) atoms. The second-order valence-electron chi connectivity index (χ2n) is 3.89. The molecule has 0 fully saturated rings. The smallest absolute Gasteiger partial charge is 0.218 e. The molecule has 1 unspecified atom stereocenters. The van der Waals surface area contributed by atoms with E-state index in [1.165, 1.54) is 7.11 Å². The van der Waals surface area contributed by atoms with Crippen LogP contribution in [-0.2, 0) is 11.3 Å². The minimum absolute atomic E-state index is 0.0851. The molecule has 0 aliphatic rings. The first kappa shape index (κ1) is 13.4. The molecule has 1 rings (SSSR count). The molecule has 1 atom stereocenters. The third kappa shape index (κ3) is 4.03. The lowest BCUT2D eigenvalue weighted by Crippen LogP contribution is -2.30. The van der Waals surface area contributed by atoms with Gasteiger partial charge in [0.25, 0.3) is 0 Å². The summed E-state index contributed by atoms with van der Waals surface area (Å²) >= 11 is 0. The van der Waals surface area contributed by atoms with Crippen molar-refractivity contribution in [2.45, 2.75) is 25.9 Å². The Morgan fingerprint density at radius 1 is 1.59 bits per heavy atom. The Kier molecular flexibility index (Phi) is 4.90. The highest BCUT2D eigenvalue weighted by molar-refractivity contribution is 5.74. The molecule has 0 aliphatic carbocycles. The van der Waals surface area contributed by atoms with Crippen molar-refractivity contribution in [2.24, 2.45) is 5.73 Å². The molecular weight excluding hydrogens is 223 g/mol. The SMILES string of the molecule is COc1cccc(CNC(C)CC(N)=O)c1F. The van der Waals surface area contributed by atoms with Gasteiger partial charge in [-0.2, -0.15) is 0 Å². The average molecular weight is 240 g/mol. The molecule has 94 valence electrons. The van der Waals surface area contributed by atoms with E-state index >= 15 is 0 Å². The average Bonchev–Trinajstić information content (AvgIpc) is 2.27. The summed E-state index contributed by atoms with van der Waals surface area (Å²) in [6.45, 7) is 2.15. The van der Waals surface area contributed by atoms with Crippen LogP contribution in [0.1, 0.15) is 18.9 Å². The molecule has 1 aromatic carbocycles. The quantitative estimate of drug-likeness (QED) is 0.785. The van der Waals surface area contributed by atoms with Gasteiger partial charge in [-0.05, 0) is 13.0 Å². The Morgan fingerprint density at radius 2 is 2.29 bits per heavy atom. The summed E-state index contributed by atoms with van der Waals surface area (Å²) in [7, 11) is 1.42. The third-order valence-corrected chi connectivity index (χ3v) is 2.41. The Morgan fingerprint density at radius 3 is 2.88 bits per heavy atom. The molecule has 0 heterocycles. The highest BCUT2D eigenvalue weighted by Crippen LogP contribution is 2.19. The summed E-state index contributed by atoms with van der Waals surface area (Å²) < 4.78 is 18.6. The predicted octanol–water partition coefficient (Wildman–Crippen LogP) is 1.19. The number of carbonyl (C=O) groups excluding carboxylic acids is 1. The molecule has 1 aromatic rings. The molecule has 3 N–H and O–H groups in total. The lowest BCUT2D eigenvalue weighted by atomic mass is 10.1. The van der Waals surface area contributed by atoms with Crippen LogP contribution in [0.3, 0.4) is 0 Å². The van der Waals surface area contributed by atoms with Crippen molar-refractivity contribution in [1.29, 1.82) is 0 Å². The molecule has 0 bridgehead atoms. The first-order valence-electron chi connectivity index (χ1n) is 5.37. The van der Waals surface area contributed by atoms with Gasteiger partial charge >= 0.3 is 0 Å². The maximum atomic E-state index is 13.7. The van der Waals surface area contributed by atoms with E-state index in [0.29, 0.717) is 12.1 Å². The van der Waals surface area contributed by atoms with Crippen LogP contribution in [0, 0.1) is 5.82 Å². The number of hydrogen-bond donors (Lipinski definition) is 2. The van der Waals surface area contributed by atoms with Gasteiger partial charge < -0.3 is 15.8 Å². The van der Waals surface area contributed by atoms with E-state index in [-0.39, 0.29) is 29.9 Å². The molecule has 0 aromatic heterocycles. The van der Waals surface area contributed by atoms with E-state index < -0.39 is 0 Å². The number of benzene rings is 1. The summed E-state index contributed by atoms with van der Waals surface area (Å²) in [5.74, 6) is -0.545. The van der Waals surface area contributed by atoms with Gasteiger partial charge in [0.2, 0.25) is 5.91 Å². The standard InChI is InChI=1S/C12H17FN2O2/c1-8(6-11(14)16)15-7-9-4-3-5-10(17-2)12(9)13/h3-5,8,15H,6-7H2,1-2H3,(H2,14,16). The second kappa shape index (κ2) is 6.20. The second-order valence-corrected chi connectivity index (χ2v) is 3.89. The Balaban J connectivity index is 2.60. The fraction of sp³-hybridized carbons (Fsp3) is 0.417. The topological polar surface area (TPSA) is 64.3 Å². The van der Waals surface area contributed by atoms with E-state index in [9.17, 15) is 9.18 Å². The first-order valence-corrected chi connectivity index (χ1v) is 5.37. The molecule has 0 saturated carbocycles. The Hall–Kier alpha value is -1.62. The number of methoxy groups -OCH3 is 1. The molecular formula is C12H17FN2O2. The highest BCUT2D eigenvalue weighted by atomic mass is 19.1. The summed E-state index contributed by atoms with van der Waals surface area (Å²) in [4.78, 5) is 10.7. The number of nitrogens with one attached hydrogen (secondary N) is 1. The number of ether oxygens (including phenoxy) is 1. The molecule has 5 heteroatoms. The first-order chi connectivity index (χ1) is 8.04. The molecule has 4 nitrogen and oxygen atoms in total. The molecule has 0 radical (unpaired) electrons. The number of carbonyl (C=O) groups is 1. The molecule has 0 spiro atoms. The van der Waals surface area contributed by atoms with Crippen molar-refractivity contribution in [3.05, 3.63) is 29.6 Å². The normalized spacial score (nSPS) is 12.2. The molecule has 1 amide bonds. The minimum atomic E-state index is -0.381. The van der Waals surface area contributed by atoms with Gasteiger partial charge in [0, 0.05) is 24.6 Å². The predicted molar refractivity (Wildman–Crippen MR) is 63.1 cm³/mol. The summed E-state index contributed by atoms with van der Waals surface area (Å²) in [6.07, 6.45) is 0.228. The summed E-state index contributed by atoms with van der Waals surface area (Å²) in [5, 5.41) is 3.03. The Labute approximate surface area is 100.0 Å². The van der Waals surface area contributed by atoms with Gasteiger partial charge in [-0.3, -0.25) is 4.79 Å². The zero-order chi connectivity index (χ0) is 12.8. The maximum absolute atomic E-state index is 13.7. The van der Waals surface area contributed by atoms with Crippen molar-refractivity contribution in [1.82, 2.24) is 5.32 Å².